The van der Waals surface area contributed by atoms with E-state index in [0.717, 1.165) is 31.4 Å². The number of nitrogens with one attached hydrogen (secondary N) is 1. The number of H-pyrrole nitrogens is 1. The number of aryl methyl sites for hydroxylation is 2. The van der Waals surface area contributed by atoms with Gasteiger partial charge in [-0.2, -0.15) is 5.10 Å². The van der Waals surface area contributed by atoms with Crippen LogP contribution >= 0.6 is 0 Å². The summed E-state index contributed by atoms with van der Waals surface area (Å²) in [7, 11) is -3.42. The SMILES string of the molecule is C=N/C(C)=C\N=C(/C)O[C@@H]1C[C@H]2CC[C@@H](C1)N2CS(=O)(=O)c1c(C)n[nH]c1C. The molecule has 1 aromatic rings. The fourth-order valence-corrected chi connectivity index (χ4v) is 6.24. The Labute approximate surface area is 166 Å². The van der Waals surface area contributed by atoms with Crippen LogP contribution in [-0.4, -0.2) is 60.2 Å². The molecule has 0 aromatic carbocycles. The average Bonchev–Trinajstić information content (AvgIpc) is 3.07. The summed E-state index contributed by atoms with van der Waals surface area (Å²) in [6.45, 7) is 10.6. The first-order valence-corrected chi connectivity index (χ1v) is 11.2. The number of sulfone groups is 1. The molecule has 3 atom stereocenters. The predicted molar refractivity (Wildman–Crippen MR) is 109 cm³/mol. The zero-order valence-electron chi connectivity index (χ0n) is 17.0. The number of nitrogens with zero attached hydrogens (tertiary/aromatic N) is 4. The predicted octanol–water partition coefficient (Wildman–Crippen LogP) is 2.75. The minimum absolute atomic E-state index is 0.0380. The number of ether oxygens (including phenoxy) is 1. The number of allylic oxidation sites excluding steroid dienone is 1. The summed E-state index contributed by atoms with van der Waals surface area (Å²) in [5.74, 6) is 0.633. The molecule has 1 aromatic heterocycles. The molecular weight excluding hydrogens is 378 g/mol. The Balaban J connectivity index is 1.67. The number of hydrogen-bond donors (Lipinski definition) is 1. The molecule has 28 heavy (non-hydrogen) atoms. The highest BCUT2D eigenvalue weighted by molar-refractivity contribution is 7.91. The fraction of sp³-hybridized carbons (Fsp3) is 0.632. The molecule has 1 N–H and O–H groups in total. The standard InChI is InChI=1S/C19H29N5O3S/c1-12(20-5)10-21-15(4)27-18-8-16-6-7-17(9-18)24(16)11-28(25,26)19-13(2)22-23-14(19)3/h10,16-18H,5-9,11H2,1-4H3,(H,22,23)/b12-10-,21-15+/t16-,17+,18-. The summed E-state index contributed by atoms with van der Waals surface area (Å²) in [5, 5.41) is 6.81. The maximum atomic E-state index is 13.0. The summed E-state index contributed by atoms with van der Waals surface area (Å²) in [6.07, 6.45) is 5.31. The largest absolute Gasteiger partial charge is 0.478 e. The smallest absolute Gasteiger partial charge is 0.195 e. The Kier molecular flexibility index (Phi) is 6.04. The van der Waals surface area contributed by atoms with Crippen molar-refractivity contribution in [3.63, 3.8) is 0 Å². The Hall–Kier alpha value is -2.00. The van der Waals surface area contributed by atoms with Crippen molar-refractivity contribution in [1.29, 1.82) is 0 Å². The minimum Gasteiger partial charge on any atom is -0.478 e. The summed E-state index contributed by atoms with van der Waals surface area (Å²) >= 11 is 0. The molecule has 0 amide bonds. The van der Waals surface area contributed by atoms with Gasteiger partial charge in [-0.05, 0) is 53.2 Å². The third-order valence-corrected chi connectivity index (χ3v) is 7.41. The van der Waals surface area contributed by atoms with Crippen molar-refractivity contribution < 1.29 is 13.2 Å². The fourth-order valence-electron chi connectivity index (χ4n) is 4.29. The molecular formula is C19H29N5O3S. The third-order valence-electron chi connectivity index (χ3n) is 5.55. The van der Waals surface area contributed by atoms with Crippen LogP contribution in [0.5, 0.6) is 0 Å². The zero-order chi connectivity index (χ0) is 20.5. The van der Waals surface area contributed by atoms with Gasteiger partial charge in [0, 0.05) is 19.0 Å². The van der Waals surface area contributed by atoms with Crippen molar-refractivity contribution in [3.05, 3.63) is 23.3 Å². The van der Waals surface area contributed by atoms with Crippen LogP contribution < -0.4 is 0 Å². The van der Waals surface area contributed by atoms with Crippen LogP contribution in [0.1, 0.15) is 50.9 Å². The molecule has 9 heteroatoms. The van der Waals surface area contributed by atoms with Gasteiger partial charge in [-0.15, -0.1) is 0 Å². The van der Waals surface area contributed by atoms with E-state index in [2.05, 4.69) is 31.8 Å². The van der Waals surface area contributed by atoms with Gasteiger partial charge in [-0.25, -0.2) is 13.4 Å². The van der Waals surface area contributed by atoms with Crippen molar-refractivity contribution in [3.8, 4) is 0 Å². The van der Waals surface area contributed by atoms with Crippen LogP contribution in [0.3, 0.4) is 0 Å². The molecule has 0 saturated carbocycles. The van der Waals surface area contributed by atoms with Crippen molar-refractivity contribution >= 4 is 22.5 Å². The second-order valence-electron chi connectivity index (χ2n) is 7.69. The maximum Gasteiger partial charge on any atom is 0.195 e. The molecule has 3 rings (SSSR count). The molecule has 3 heterocycles. The first-order valence-electron chi connectivity index (χ1n) is 9.56. The van der Waals surface area contributed by atoms with Gasteiger partial charge in [-0.3, -0.25) is 15.0 Å². The molecule has 0 unspecified atom stereocenters. The van der Waals surface area contributed by atoms with Gasteiger partial charge in [0.2, 0.25) is 0 Å². The molecule has 0 radical (unpaired) electrons. The lowest BCUT2D eigenvalue weighted by Gasteiger charge is -2.38. The second kappa shape index (κ2) is 8.16. The van der Waals surface area contributed by atoms with Crippen LogP contribution in [0.25, 0.3) is 0 Å². The van der Waals surface area contributed by atoms with Gasteiger partial charge in [0.05, 0.1) is 23.3 Å². The normalized spacial score (nSPS) is 26.5. The summed E-state index contributed by atoms with van der Waals surface area (Å²) in [5.41, 5.74) is 1.87. The van der Waals surface area contributed by atoms with E-state index < -0.39 is 9.84 Å². The van der Waals surface area contributed by atoms with Crippen LogP contribution in [0, 0.1) is 13.8 Å². The number of aromatic nitrogens is 2. The second-order valence-corrected chi connectivity index (χ2v) is 9.59. The van der Waals surface area contributed by atoms with Crippen LogP contribution in [0.15, 0.2) is 26.8 Å². The summed E-state index contributed by atoms with van der Waals surface area (Å²) < 4.78 is 32.0. The van der Waals surface area contributed by atoms with Crippen molar-refractivity contribution in [1.82, 2.24) is 15.1 Å². The molecule has 2 saturated heterocycles. The lowest BCUT2D eigenvalue weighted by molar-refractivity contribution is 0.0533. The lowest BCUT2D eigenvalue weighted by atomic mass is 10.0. The molecule has 0 spiro atoms. The molecule has 2 aliphatic rings. The quantitative estimate of drug-likeness (QED) is 0.577. The topological polar surface area (TPSA) is 100 Å². The number of aromatic amines is 1. The Morgan fingerprint density at radius 2 is 1.96 bits per heavy atom. The van der Waals surface area contributed by atoms with Crippen LogP contribution in [-0.2, 0) is 14.6 Å². The zero-order valence-corrected chi connectivity index (χ0v) is 17.8. The first kappa shape index (κ1) is 20.7. The van der Waals surface area contributed by atoms with Gasteiger partial charge in [0.1, 0.15) is 16.9 Å². The Morgan fingerprint density at radius 3 is 2.50 bits per heavy atom. The number of hydrogen-bond acceptors (Lipinski definition) is 7. The first-order chi connectivity index (χ1) is 13.2. The van der Waals surface area contributed by atoms with E-state index in [1.807, 2.05) is 13.8 Å². The molecule has 2 fully saturated rings. The molecule has 2 bridgehead atoms. The van der Waals surface area contributed by atoms with Gasteiger partial charge in [0.25, 0.3) is 0 Å². The van der Waals surface area contributed by atoms with Crippen LogP contribution in [0.2, 0.25) is 0 Å². The van der Waals surface area contributed by atoms with E-state index in [1.54, 1.807) is 20.0 Å². The van der Waals surface area contributed by atoms with Crippen molar-refractivity contribution in [2.75, 3.05) is 5.88 Å². The number of fused-ring (bicyclic) bond motifs is 2. The van der Waals surface area contributed by atoms with E-state index in [4.69, 9.17) is 4.74 Å². The highest BCUT2D eigenvalue weighted by atomic mass is 32.2. The maximum absolute atomic E-state index is 13.0. The molecule has 8 nitrogen and oxygen atoms in total. The highest BCUT2D eigenvalue weighted by Gasteiger charge is 2.44. The number of piperidine rings is 1. The Morgan fingerprint density at radius 1 is 1.32 bits per heavy atom. The monoisotopic (exact) mass is 407 g/mol. The van der Waals surface area contributed by atoms with Gasteiger partial charge < -0.3 is 4.74 Å². The molecule has 154 valence electrons. The van der Waals surface area contributed by atoms with Gasteiger partial charge in [0.15, 0.2) is 15.7 Å². The number of aliphatic imine (C=N–C) groups is 2. The van der Waals surface area contributed by atoms with E-state index in [1.165, 1.54) is 0 Å². The van der Waals surface area contributed by atoms with E-state index in [-0.39, 0.29) is 24.1 Å². The number of rotatable bonds is 6. The summed E-state index contributed by atoms with van der Waals surface area (Å²) in [6, 6.07) is 0.428. The molecule has 0 aliphatic carbocycles. The van der Waals surface area contributed by atoms with E-state index in [0.29, 0.717) is 22.2 Å². The third kappa shape index (κ3) is 4.35. The van der Waals surface area contributed by atoms with Crippen molar-refractivity contribution in [2.45, 2.75) is 76.5 Å². The van der Waals surface area contributed by atoms with E-state index >= 15 is 0 Å². The van der Waals surface area contributed by atoms with Gasteiger partial charge in [-0.1, -0.05) is 0 Å². The molecule has 2 aliphatic heterocycles. The van der Waals surface area contributed by atoms with Crippen molar-refractivity contribution in [2.24, 2.45) is 9.98 Å². The van der Waals surface area contributed by atoms with Gasteiger partial charge >= 0.3 is 0 Å². The highest BCUT2D eigenvalue weighted by Crippen LogP contribution is 2.38. The lowest BCUT2D eigenvalue weighted by Crippen LogP contribution is -2.47. The summed E-state index contributed by atoms with van der Waals surface area (Å²) in [4.78, 5) is 10.5. The average molecular weight is 408 g/mol. The minimum atomic E-state index is -3.42. The Bertz CT molecular complexity index is 869. The van der Waals surface area contributed by atoms with Crippen LogP contribution in [0.4, 0.5) is 0 Å². The van der Waals surface area contributed by atoms with E-state index in [9.17, 15) is 8.42 Å².